The van der Waals surface area contributed by atoms with Crippen LogP contribution < -0.4 is 5.11 Å². The zero-order valence-electron chi connectivity index (χ0n) is 9.54. The minimum atomic E-state index is -1.52. The van der Waals surface area contributed by atoms with Crippen molar-refractivity contribution >= 4 is 23.8 Å². The van der Waals surface area contributed by atoms with Gasteiger partial charge in [-0.25, -0.2) is 4.79 Å². The Labute approximate surface area is 102 Å². The number of amides is 2. The van der Waals surface area contributed by atoms with Crippen molar-refractivity contribution in [3.8, 4) is 0 Å². The lowest BCUT2D eigenvalue weighted by atomic mass is 10.3. The number of ether oxygens (including phenoxy) is 1. The highest BCUT2D eigenvalue weighted by atomic mass is 16.5. The summed E-state index contributed by atoms with van der Waals surface area (Å²) < 4.78 is 4.60. The van der Waals surface area contributed by atoms with E-state index in [1.807, 2.05) is 0 Å². The van der Waals surface area contributed by atoms with Crippen molar-refractivity contribution in [2.24, 2.45) is 0 Å². The molecular formula is C11H10NO6-. The van der Waals surface area contributed by atoms with E-state index in [0.29, 0.717) is 17.7 Å². The average molecular weight is 252 g/mol. The van der Waals surface area contributed by atoms with Crippen LogP contribution in [0.3, 0.4) is 0 Å². The summed E-state index contributed by atoms with van der Waals surface area (Å²) in [6, 6.07) is 0. The molecule has 1 rings (SSSR count). The molecule has 0 aliphatic carbocycles. The normalized spacial score (nSPS) is 15.2. The summed E-state index contributed by atoms with van der Waals surface area (Å²) in [6.45, 7) is 1.24. The molecular weight excluding hydrogens is 242 g/mol. The number of imide groups is 1. The van der Waals surface area contributed by atoms with Gasteiger partial charge in [0.05, 0.1) is 12.5 Å². The van der Waals surface area contributed by atoms with Crippen LogP contribution in [0.25, 0.3) is 0 Å². The molecule has 0 aromatic heterocycles. The molecule has 1 aliphatic rings. The van der Waals surface area contributed by atoms with Crippen LogP contribution in [0.15, 0.2) is 23.8 Å². The number of hydrogen-bond acceptors (Lipinski definition) is 6. The topological polar surface area (TPSA) is 104 Å². The summed E-state index contributed by atoms with van der Waals surface area (Å²) >= 11 is 0. The Morgan fingerprint density at radius 3 is 2.56 bits per heavy atom. The third kappa shape index (κ3) is 3.55. The van der Waals surface area contributed by atoms with Crippen LogP contribution in [0.2, 0.25) is 0 Å². The highest BCUT2D eigenvalue weighted by Gasteiger charge is 2.27. The smallest absolute Gasteiger partial charge is 0.330 e. The zero-order valence-corrected chi connectivity index (χ0v) is 9.54. The summed E-state index contributed by atoms with van der Waals surface area (Å²) in [4.78, 5) is 44.6. The molecule has 0 unspecified atom stereocenters. The Morgan fingerprint density at radius 2 is 2.06 bits per heavy atom. The van der Waals surface area contributed by atoms with E-state index >= 15 is 0 Å². The van der Waals surface area contributed by atoms with Gasteiger partial charge < -0.3 is 14.6 Å². The number of esters is 1. The number of carboxylic acid groups (broad SMARTS) is 1. The molecule has 0 N–H and O–H groups in total. The number of carbonyl (C=O) groups is 4. The molecule has 0 saturated carbocycles. The van der Waals surface area contributed by atoms with Crippen LogP contribution in [-0.2, 0) is 23.9 Å². The molecule has 7 heteroatoms. The van der Waals surface area contributed by atoms with Crippen molar-refractivity contribution < 1.29 is 29.0 Å². The van der Waals surface area contributed by atoms with Gasteiger partial charge in [-0.15, -0.1) is 0 Å². The van der Waals surface area contributed by atoms with Gasteiger partial charge in [-0.05, 0) is 13.0 Å². The van der Waals surface area contributed by atoms with E-state index in [9.17, 15) is 24.3 Å². The summed E-state index contributed by atoms with van der Waals surface area (Å²) in [5, 5.41) is 10.00. The van der Waals surface area contributed by atoms with Crippen LogP contribution in [0, 0.1) is 0 Å². The lowest BCUT2D eigenvalue weighted by Crippen LogP contribution is -2.34. The lowest BCUT2D eigenvalue weighted by molar-refractivity contribution is -0.297. The van der Waals surface area contributed by atoms with Gasteiger partial charge in [0.1, 0.15) is 6.61 Å². The third-order valence-electron chi connectivity index (χ3n) is 2.10. The number of nitrogens with zero attached hydrogens (tertiary/aromatic N) is 1. The molecule has 18 heavy (non-hydrogen) atoms. The van der Waals surface area contributed by atoms with E-state index in [0.717, 1.165) is 4.90 Å². The molecule has 96 valence electrons. The molecule has 0 spiro atoms. The molecule has 1 aliphatic heterocycles. The van der Waals surface area contributed by atoms with Crippen molar-refractivity contribution in [1.82, 2.24) is 4.90 Å². The molecule has 0 bridgehead atoms. The predicted octanol–water partition coefficient (Wildman–Crippen LogP) is -1.85. The van der Waals surface area contributed by atoms with Crippen molar-refractivity contribution in [3.63, 3.8) is 0 Å². The lowest BCUT2D eigenvalue weighted by Gasteiger charge is -2.13. The maximum absolute atomic E-state index is 11.4. The molecule has 0 fully saturated rings. The molecule has 0 atom stereocenters. The van der Waals surface area contributed by atoms with Gasteiger partial charge in [-0.3, -0.25) is 14.5 Å². The average Bonchev–Trinajstić information content (AvgIpc) is 2.53. The summed E-state index contributed by atoms with van der Waals surface area (Å²) in [6.07, 6.45) is 2.41. The molecule has 0 saturated heterocycles. The fraction of sp³-hybridized carbons (Fsp3) is 0.273. The van der Waals surface area contributed by atoms with Gasteiger partial charge in [0.15, 0.2) is 0 Å². The SMILES string of the molecule is CC1=CC(=O)N(CCOC(=O)/C=C\C(=O)[O-])C1=O. The molecule has 0 aromatic carbocycles. The van der Waals surface area contributed by atoms with Gasteiger partial charge in [0, 0.05) is 17.7 Å². The Kier molecular flexibility index (Phi) is 4.36. The minimum Gasteiger partial charge on any atom is -0.545 e. The maximum Gasteiger partial charge on any atom is 0.330 e. The number of aliphatic carboxylic acids is 1. The third-order valence-corrected chi connectivity index (χ3v) is 2.10. The molecule has 1 heterocycles. The monoisotopic (exact) mass is 252 g/mol. The van der Waals surface area contributed by atoms with E-state index in [4.69, 9.17) is 0 Å². The van der Waals surface area contributed by atoms with Crippen LogP contribution in [-0.4, -0.2) is 41.8 Å². The Balaban J connectivity index is 2.35. The second-order valence-corrected chi connectivity index (χ2v) is 3.44. The van der Waals surface area contributed by atoms with Gasteiger partial charge in [-0.2, -0.15) is 0 Å². The first kappa shape index (κ1) is 13.6. The summed E-state index contributed by atoms with van der Waals surface area (Å²) in [5.74, 6) is -3.29. The largest absolute Gasteiger partial charge is 0.545 e. The van der Waals surface area contributed by atoms with Gasteiger partial charge in [-0.1, -0.05) is 0 Å². The predicted molar refractivity (Wildman–Crippen MR) is 55.6 cm³/mol. The van der Waals surface area contributed by atoms with Crippen molar-refractivity contribution in [3.05, 3.63) is 23.8 Å². The van der Waals surface area contributed by atoms with E-state index in [2.05, 4.69) is 4.74 Å². The molecule has 7 nitrogen and oxygen atoms in total. The van der Waals surface area contributed by atoms with E-state index < -0.39 is 23.8 Å². The fourth-order valence-corrected chi connectivity index (χ4v) is 1.27. The van der Waals surface area contributed by atoms with Crippen LogP contribution in [0.1, 0.15) is 6.92 Å². The minimum absolute atomic E-state index is 0.0730. The first-order chi connectivity index (χ1) is 8.41. The number of carbonyl (C=O) groups excluding carboxylic acids is 4. The zero-order chi connectivity index (χ0) is 13.7. The molecule has 0 radical (unpaired) electrons. The van der Waals surface area contributed by atoms with Gasteiger partial charge in [0.25, 0.3) is 11.8 Å². The maximum atomic E-state index is 11.4. The van der Waals surface area contributed by atoms with Crippen molar-refractivity contribution in [1.29, 1.82) is 0 Å². The number of carboxylic acids is 1. The second kappa shape index (κ2) is 5.76. The molecule has 0 aromatic rings. The Bertz CT molecular complexity index is 462. The van der Waals surface area contributed by atoms with E-state index in [1.54, 1.807) is 0 Å². The van der Waals surface area contributed by atoms with Crippen LogP contribution in [0.4, 0.5) is 0 Å². The standard InChI is InChI=1S/C11H11NO6/c1-7-6-8(13)12(11(7)17)4-5-18-10(16)3-2-9(14)15/h2-3,6H,4-5H2,1H3,(H,14,15)/p-1/b3-2-. The highest BCUT2D eigenvalue weighted by Crippen LogP contribution is 2.10. The van der Waals surface area contributed by atoms with E-state index in [-0.39, 0.29) is 13.2 Å². The van der Waals surface area contributed by atoms with E-state index in [1.165, 1.54) is 13.0 Å². The Morgan fingerprint density at radius 1 is 1.39 bits per heavy atom. The first-order valence-electron chi connectivity index (χ1n) is 5.01. The van der Waals surface area contributed by atoms with Crippen LogP contribution in [0.5, 0.6) is 0 Å². The second-order valence-electron chi connectivity index (χ2n) is 3.44. The molecule has 2 amide bonds. The highest BCUT2D eigenvalue weighted by molar-refractivity contribution is 6.15. The van der Waals surface area contributed by atoms with Gasteiger partial charge >= 0.3 is 5.97 Å². The quantitative estimate of drug-likeness (QED) is 0.323. The first-order valence-corrected chi connectivity index (χ1v) is 5.01. The fourth-order valence-electron chi connectivity index (χ4n) is 1.27. The van der Waals surface area contributed by atoms with Crippen molar-refractivity contribution in [2.45, 2.75) is 6.92 Å². The van der Waals surface area contributed by atoms with Gasteiger partial charge in [0.2, 0.25) is 0 Å². The Hall–Kier alpha value is -2.44. The number of hydrogen-bond donors (Lipinski definition) is 0. The van der Waals surface area contributed by atoms with Crippen LogP contribution >= 0.6 is 0 Å². The summed E-state index contributed by atoms with van der Waals surface area (Å²) in [5.41, 5.74) is 0.322. The number of rotatable bonds is 5. The van der Waals surface area contributed by atoms with Crippen molar-refractivity contribution in [2.75, 3.05) is 13.2 Å². The summed E-state index contributed by atoms with van der Waals surface area (Å²) in [7, 11) is 0.